The highest BCUT2D eigenvalue weighted by molar-refractivity contribution is 7.91. The van der Waals surface area contributed by atoms with Gasteiger partial charge in [0.1, 0.15) is 0 Å². The topological polar surface area (TPSA) is 80.7 Å². The molecule has 0 aromatic rings. The van der Waals surface area contributed by atoms with Crippen LogP contribution in [0.15, 0.2) is 0 Å². The number of hydrogen-bond donors (Lipinski definition) is 1. The number of carbonyl (C=O) groups excluding carboxylic acids is 1. The maximum absolute atomic E-state index is 11.7. The van der Waals surface area contributed by atoms with Gasteiger partial charge in [0, 0.05) is 0 Å². The van der Waals surface area contributed by atoms with E-state index in [-0.39, 0.29) is 17.9 Å². The Morgan fingerprint density at radius 2 is 1.94 bits per heavy atom. The van der Waals surface area contributed by atoms with E-state index >= 15 is 0 Å². The summed E-state index contributed by atoms with van der Waals surface area (Å²) in [5.41, 5.74) is -2.40. The Bertz CT molecular complexity index is 409. The van der Waals surface area contributed by atoms with Crippen molar-refractivity contribution in [3.63, 3.8) is 0 Å². The average molecular weight is 248 g/mol. The summed E-state index contributed by atoms with van der Waals surface area (Å²) in [6.45, 7) is 0. The van der Waals surface area contributed by atoms with Gasteiger partial charge < -0.3 is 9.84 Å². The van der Waals surface area contributed by atoms with E-state index in [1.54, 1.807) is 0 Å². The van der Waals surface area contributed by atoms with Gasteiger partial charge in [-0.1, -0.05) is 6.42 Å². The smallest absolute Gasteiger partial charge is 0.314 e. The second-order valence-corrected chi connectivity index (χ2v) is 6.98. The van der Waals surface area contributed by atoms with Crippen LogP contribution in [0, 0.1) is 5.41 Å². The van der Waals surface area contributed by atoms with Gasteiger partial charge in [0.15, 0.2) is 9.84 Å². The Kier molecular flexibility index (Phi) is 2.54. The molecule has 0 amide bonds. The minimum atomic E-state index is -3.21. The van der Waals surface area contributed by atoms with Gasteiger partial charge in [0.25, 0.3) is 0 Å². The molecule has 1 heterocycles. The van der Waals surface area contributed by atoms with Crippen molar-refractivity contribution < 1.29 is 23.1 Å². The summed E-state index contributed by atoms with van der Waals surface area (Å²) in [7, 11) is -1.94. The van der Waals surface area contributed by atoms with Crippen LogP contribution in [0.1, 0.15) is 25.7 Å². The Morgan fingerprint density at radius 3 is 2.25 bits per heavy atom. The lowest BCUT2D eigenvalue weighted by molar-refractivity contribution is -0.183. The van der Waals surface area contributed by atoms with Gasteiger partial charge in [-0.05, 0) is 19.3 Å². The molecule has 0 aromatic carbocycles. The number of rotatable bonds is 2. The molecule has 1 saturated carbocycles. The highest BCUT2D eigenvalue weighted by atomic mass is 32.2. The van der Waals surface area contributed by atoms with Crippen LogP contribution < -0.4 is 0 Å². The van der Waals surface area contributed by atoms with E-state index in [0.717, 1.165) is 6.42 Å². The van der Waals surface area contributed by atoms with Gasteiger partial charge in [-0.25, -0.2) is 8.42 Å². The molecule has 0 bridgehead atoms. The highest BCUT2D eigenvalue weighted by Gasteiger charge is 2.63. The standard InChI is InChI=1S/C10H16O5S/c1-15-8(11)9(3-2-4-9)10(12)5-6-16(13,14)7-10/h12H,2-7H2,1H3. The van der Waals surface area contributed by atoms with Crippen molar-refractivity contribution >= 4 is 15.8 Å². The Morgan fingerprint density at radius 1 is 1.31 bits per heavy atom. The second kappa shape index (κ2) is 3.43. The van der Waals surface area contributed by atoms with E-state index < -0.39 is 26.8 Å². The van der Waals surface area contributed by atoms with Gasteiger partial charge in [0.05, 0.1) is 29.6 Å². The molecule has 6 heteroatoms. The summed E-state index contributed by atoms with van der Waals surface area (Å²) in [5.74, 6) is -0.824. The predicted octanol–water partition coefficient (Wildman–Crippen LogP) is -0.121. The van der Waals surface area contributed by atoms with Gasteiger partial charge in [-0.2, -0.15) is 0 Å². The number of methoxy groups -OCH3 is 1. The monoisotopic (exact) mass is 248 g/mol. The van der Waals surface area contributed by atoms with Crippen molar-refractivity contribution in [2.45, 2.75) is 31.3 Å². The minimum absolute atomic E-state index is 0.0394. The lowest BCUT2D eigenvalue weighted by Gasteiger charge is -2.48. The first-order valence-electron chi connectivity index (χ1n) is 5.37. The van der Waals surface area contributed by atoms with Crippen molar-refractivity contribution in [1.82, 2.24) is 0 Å². The first-order valence-corrected chi connectivity index (χ1v) is 7.19. The molecule has 2 aliphatic rings. The molecule has 5 nitrogen and oxygen atoms in total. The second-order valence-electron chi connectivity index (χ2n) is 4.80. The zero-order valence-electron chi connectivity index (χ0n) is 9.23. The van der Waals surface area contributed by atoms with Crippen molar-refractivity contribution in [2.24, 2.45) is 5.41 Å². The molecule has 0 radical (unpaired) electrons. The zero-order chi connectivity index (χ0) is 12.0. The quantitative estimate of drug-likeness (QED) is 0.689. The summed E-state index contributed by atoms with van der Waals surface area (Å²) < 4.78 is 27.6. The molecular weight excluding hydrogens is 232 g/mol. The molecule has 1 saturated heterocycles. The number of sulfone groups is 1. The van der Waals surface area contributed by atoms with Crippen LogP contribution in [0.25, 0.3) is 0 Å². The largest absolute Gasteiger partial charge is 0.469 e. The first-order chi connectivity index (χ1) is 7.35. The van der Waals surface area contributed by atoms with Crippen molar-refractivity contribution in [2.75, 3.05) is 18.6 Å². The average Bonchev–Trinajstić information content (AvgIpc) is 2.39. The van der Waals surface area contributed by atoms with Gasteiger partial charge in [-0.3, -0.25) is 4.79 Å². The molecule has 1 aliphatic heterocycles. The van der Waals surface area contributed by atoms with E-state index in [1.807, 2.05) is 0 Å². The van der Waals surface area contributed by atoms with E-state index in [2.05, 4.69) is 0 Å². The summed E-state index contributed by atoms with van der Waals surface area (Å²) in [4.78, 5) is 11.7. The third kappa shape index (κ3) is 1.47. The molecule has 2 rings (SSSR count). The van der Waals surface area contributed by atoms with Gasteiger partial charge >= 0.3 is 5.97 Å². The molecule has 92 valence electrons. The number of ether oxygens (including phenoxy) is 1. The lowest BCUT2D eigenvalue weighted by Crippen LogP contribution is -2.58. The SMILES string of the molecule is COC(=O)C1(C2(O)CCS(=O)(=O)C2)CCC1. The van der Waals surface area contributed by atoms with E-state index in [1.165, 1.54) is 7.11 Å². The molecule has 0 aromatic heterocycles. The zero-order valence-corrected chi connectivity index (χ0v) is 10.0. The van der Waals surface area contributed by atoms with Crippen LogP contribution in [0.3, 0.4) is 0 Å². The predicted molar refractivity (Wildman–Crippen MR) is 56.5 cm³/mol. The molecule has 0 spiro atoms. The fraction of sp³-hybridized carbons (Fsp3) is 0.900. The molecule has 16 heavy (non-hydrogen) atoms. The Hall–Kier alpha value is -0.620. The highest BCUT2D eigenvalue weighted by Crippen LogP contribution is 2.53. The fourth-order valence-electron chi connectivity index (χ4n) is 2.80. The maximum atomic E-state index is 11.7. The van der Waals surface area contributed by atoms with Crippen LogP contribution in [0.4, 0.5) is 0 Å². The Labute approximate surface area is 94.7 Å². The summed E-state index contributed by atoms with van der Waals surface area (Å²) in [6.07, 6.45) is 2.01. The molecule has 1 aliphatic carbocycles. The summed E-state index contributed by atoms with van der Waals surface area (Å²) in [6, 6.07) is 0. The number of carbonyl (C=O) groups is 1. The van der Waals surface area contributed by atoms with Crippen LogP contribution >= 0.6 is 0 Å². The van der Waals surface area contributed by atoms with Gasteiger partial charge in [-0.15, -0.1) is 0 Å². The van der Waals surface area contributed by atoms with Crippen molar-refractivity contribution in [1.29, 1.82) is 0 Å². The molecule has 1 atom stereocenters. The van der Waals surface area contributed by atoms with E-state index in [4.69, 9.17) is 4.74 Å². The Balaban J connectivity index is 2.32. The number of aliphatic hydroxyl groups is 1. The number of esters is 1. The fourth-order valence-corrected chi connectivity index (χ4v) is 4.74. The van der Waals surface area contributed by atoms with Crippen molar-refractivity contribution in [3.8, 4) is 0 Å². The lowest BCUT2D eigenvalue weighted by atomic mass is 9.58. The minimum Gasteiger partial charge on any atom is -0.469 e. The third-order valence-electron chi connectivity index (χ3n) is 3.96. The van der Waals surface area contributed by atoms with E-state index in [9.17, 15) is 18.3 Å². The molecular formula is C10H16O5S. The molecule has 2 fully saturated rings. The van der Waals surface area contributed by atoms with E-state index in [0.29, 0.717) is 12.8 Å². The molecule has 1 unspecified atom stereocenters. The maximum Gasteiger partial charge on any atom is 0.314 e. The van der Waals surface area contributed by atoms with Gasteiger partial charge in [0.2, 0.25) is 0 Å². The summed E-state index contributed by atoms with van der Waals surface area (Å²) in [5, 5.41) is 10.4. The van der Waals surface area contributed by atoms with Crippen LogP contribution in [-0.4, -0.2) is 43.7 Å². The first kappa shape index (κ1) is 11.9. The normalized spacial score (nSPS) is 35.4. The third-order valence-corrected chi connectivity index (χ3v) is 5.70. The van der Waals surface area contributed by atoms with Crippen LogP contribution in [0.5, 0.6) is 0 Å². The number of hydrogen-bond acceptors (Lipinski definition) is 5. The van der Waals surface area contributed by atoms with Crippen LogP contribution in [-0.2, 0) is 19.4 Å². The molecule has 1 N–H and O–H groups in total. The van der Waals surface area contributed by atoms with Crippen LogP contribution in [0.2, 0.25) is 0 Å². The van der Waals surface area contributed by atoms with Crippen molar-refractivity contribution in [3.05, 3.63) is 0 Å². The summed E-state index contributed by atoms with van der Waals surface area (Å²) >= 11 is 0.